The maximum atomic E-state index is 13.7. The second-order valence-corrected chi connectivity index (χ2v) is 7.79. The van der Waals surface area contributed by atoms with Gasteiger partial charge in [0.25, 0.3) is 5.91 Å². The van der Waals surface area contributed by atoms with Gasteiger partial charge in [-0.05, 0) is 42.5 Å². The van der Waals surface area contributed by atoms with Crippen LogP contribution in [-0.4, -0.2) is 26.9 Å². The molecule has 0 fully saturated rings. The van der Waals surface area contributed by atoms with Gasteiger partial charge in [0.05, 0.1) is 15.7 Å². The van der Waals surface area contributed by atoms with Crippen molar-refractivity contribution < 1.29 is 35.9 Å². The van der Waals surface area contributed by atoms with Crippen molar-refractivity contribution in [3.8, 4) is 17.0 Å². The van der Waals surface area contributed by atoms with Gasteiger partial charge in [-0.15, -0.1) is 13.2 Å². The zero-order valence-electron chi connectivity index (χ0n) is 16.9. The Labute approximate surface area is 202 Å². The van der Waals surface area contributed by atoms with Gasteiger partial charge >= 0.3 is 12.5 Å². The summed E-state index contributed by atoms with van der Waals surface area (Å²) in [7, 11) is 0. The number of benzene rings is 2. The van der Waals surface area contributed by atoms with E-state index in [-0.39, 0.29) is 32.6 Å². The van der Waals surface area contributed by atoms with Gasteiger partial charge in [0.15, 0.2) is 17.0 Å². The Morgan fingerprint density at radius 3 is 2.20 bits per heavy atom. The van der Waals surface area contributed by atoms with Crippen LogP contribution in [0, 0.1) is 0 Å². The molecule has 0 saturated heterocycles. The molecular weight excluding hydrogens is 525 g/mol. The molecule has 182 valence electrons. The second kappa shape index (κ2) is 8.93. The summed E-state index contributed by atoms with van der Waals surface area (Å²) in [6.07, 6.45) is -9.74. The average molecular weight is 535 g/mol. The summed E-state index contributed by atoms with van der Waals surface area (Å²) in [6.45, 7) is 0. The van der Waals surface area contributed by atoms with Gasteiger partial charge in [0.1, 0.15) is 5.75 Å². The number of nitrogens with zero attached hydrogens (tertiary/aromatic N) is 3. The molecule has 0 saturated carbocycles. The van der Waals surface area contributed by atoms with E-state index in [1.54, 1.807) is 0 Å². The number of amides is 1. The lowest BCUT2D eigenvalue weighted by atomic mass is 10.1. The van der Waals surface area contributed by atoms with Gasteiger partial charge in [0.2, 0.25) is 0 Å². The minimum Gasteiger partial charge on any atom is -0.406 e. The highest BCUT2D eigenvalue weighted by molar-refractivity contribution is 6.42. The van der Waals surface area contributed by atoms with Gasteiger partial charge in [-0.2, -0.15) is 18.3 Å². The Hall–Kier alpha value is -3.51. The number of carbonyl (C=O) groups excluding carboxylic acids is 1. The van der Waals surface area contributed by atoms with Crippen molar-refractivity contribution in [1.29, 1.82) is 0 Å². The van der Waals surface area contributed by atoms with E-state index < -0.39 is 35.6 Å². The normalized spacial score (nSPS) is 12.1. The molecule has 0 bridgehead atoms. The molecule has 0 atom stereocenters. The van der Waals surface area contributed by atoms with Crippen LogP contribution in [-0.2, 0) is 6.18 Å². The van der Waals surface area contributed by atoms with Crippen LogP contribution in [0.2, 0.25) is 10.0 Å². The third-order valence-corrected chi connectivity index (χ3v) is 5.25. The molecule has 2 heterocycles. The number of ether oxygens (including phenoxy) is 1. The lowest BCUT2D eigenvalue weighted by Crippen LogP contribution is -2.17. The maximum Gasteiger partial charge on any atom is 0.573 e. The predicted molar refractivity (Wildman–Crippen MR) is 115 cm³/mol. The van der Waals surface area contributed by atoms with Gasteiger partial charge in [-0.25, -0.2) is 9.50 Å². The third kappa shape index (κ3) is 5.60. The van der Waals surface area contributed by atoms with E-state index in [1.807, 2.05) is 0 Å². The van der Waals surface area contributed by atoms with Gasteiger partial charge in [-0.1, -0.05) is 29.3 Å². The van der Waals surface area contributed by atoms with E-state index in [2.05, 4.69) is 20.1 Å². The van der Waals surface area contributed by atoms with Crippen LogP contribution in [0.15, 0.2) is 54.6 Å². The zero-order valence-corrected chi connectivity index (χ0v) is 18.4. The summed E-state index contributed by atoms with van der Waals surface area (Å²) in [5, 5.41) is 6.36. The van der Waals surface area contributed by atoms with Crippen LogP contribution in [0.25, 0.3) is 16.9 Å². The number of hydrogen-bond donors (Lipinski definition) is 1. The first kappa shape index (κ1) is 24.6. The molecule has 0 aliphatic rings. The molecule has 0 radical (unpaired) electrons. The van der Waals surface area contributed by atoms with Crippen LogP contribution in [0.5, 0.6) is 5.75 Å². The van der Waals surface area contributed by atoms with Crippen molar-refractivity contribution in [1.82, 2.24) is 14.6 Å². The van der Waals surface area contributed by atoms with E-state index in [4.69, 9.17) is 23.2 Å². The highest BCUT2D eigenvalue weighted by Crippen LogP contribution is 2.34. The molecule has 35 heavy (non-hydrogen) atoms. The third-order valence-electron chi connectivity index (χ3n) is 4.51. The minimum atomic E-state index is -4.89. The quantitative estimate of drug-likeness (QED) is 0.290. The largest absolute Gasteiger partial charge is 0.573 e. The van der Waals surface area contributed by atoms with Crippen LogP contribution < -0.4 is 10.1 Å². The molecule has 0 spiro atoms. The highest BCUT2D eigenvalue weighted by atomic mass is 35.5. The highest BCUT2D eigenvalue weighted by Gasteiger charge is 2.36. The molecule has 0 unspecified atom stereocenters. The van der Waals surface area contributed by atoms with Crippen molar-refractivity contribution in [2.75, 3.05) is 5.32 Å². The average Bonchev–Trinajstić information content (AvgIpc) is 3.19. The maximum absolute atomic E-state index is 13.7. The van der Waals surface area contributed by atoms with E-state index in [0.29, 0.717) is 4.52 Å². The number of aromatic nitrogens is 3. The SMILES string of the molecule is O=C(Nc1ccc(OC(F)(F)F)cc1)c1cc2nc(-c3ccc(Cl)c(Cl)c3)cc(C(F)(F)F)n2n1. The van der Waals surface area contributed by atoms with Gasteiger partial charge in [-0.3, -0.25) is 4.79 Å². The molecule has 2 aromatic heterocycles. The molecule has 6 nitrogen and oxygen atoms in total. The van der Waals surface area contributed by atoms with Crippen LogP contribution >= 0.6 is 23.2 Å². The van der Waals surface area contributed by atoms with Crippen LogP contribution in [0.4, 0.5) is 32.0 Å². The number of alkyl halides is 6. The number of fused-ring (bicyclic) bond motifs is 1. The molecule has 0 aliphatic heterocycles. The standard InChI is InChI=1S/C21H10Cl2F6N4O2/c22-13-6-1-10(7-14(13)23)15-8-17(20(24,25)26)33-18(31-15)9-16(32-33)19(34)30-11-2-4-12(5-3-11)35-21(27,28)29/h1-9H,(H,30,34). The summed E-state index contributed by atoms with van der Waals surface area (Å²) < 4.78 is 82.2. The molecule has 4 aromatic rings. The molecule has 1 amide bonds. The number of halogens is 8. The topological polar surface area (TPSA) is 68.5 Å². The molecule has 4 rings (SSSR count). The second-order valence-electron chi connectivity index (χ2n) is 6.98. The van der Waals surface area contributed by atoms with Crippen molar-refractivity contribution >= 4 is 40.4 Å². The van der Waals surface area contributed by atoms with E-state index >= 15 is 0 Å². The van der Waals surface area contributed by atoms with Crippen molar-refractivity contribution in [2.45, 2.75) is 12.5 Å². The first-order valence-corrected chi connectivity index (χ1v) is 10.2. The summed E-state index contributed by atoms with van der Waals surface area (Å²) in [5.74, 6) is -1.43. The zero-order chi connectivity index (χ0) is 25.5. The smallest absolute Gasteiger partial charge is 0.406 e. The summed E-state index contributed by atoms with van der Waals surface area (Å²) >= 11 is 11.8. The van der Waals surface area contributed by atoms with Crippen molar-refractivity contribution in [3.63, 3.8) is 0 Å². The predicted octanol–water partition coefficient (Wildman–Crippen LogP) is 6.87. The number of rotatable bonds is 4. The minimum absolute atomic E-state index is 0.0575. The number of anilines is 1. The monoisotopic (exact) mass is 534 g/mol. The van der Waals surface area contributed by atoms with Crippen LogP contribution in [0.3, 0.4) is 0 Å². The fourth-order valence-corrected chi connectivity index (χ4v) is 3.32. The molecular formula is C21H10Cl2F6N4O2. The first-order valence-electron chi connectivity index (χ1n) is 9.41. The van der Waals surface area contributed by atoms with Crippen molar-refractivity contribution in [3.05, 3.63) is 76.0 Å². The first-order chi connectivity index (χ1) is 16.3. The van der Waals surface area contributed by atoms with Crippen LogP contribution in [0.1, 0.15) is 16.2 Å². The lowest BCUT2D eigenvalue weighted by molar-refractivity contribution is -0.274. The van der Waals surface area contributed by atoms with Crippen molar-refractivity contribution in [2.24, 2.45) is 0 Å². The Morgan fingerprint density at radius 1 is 0.914 bits per heavy atom. The molecule has 2 aromatic carbocycles. The number of nitrogens with one attached hydrogen (secondary N) is 1. The van der Waals surface area contributed by atoms with Gasteiger partial charge < -0.3 is 10.1 Å². The number of hydrogen-bond acceptors (Lipinski definition) is 4. The summed E-state index contributed by atoms with van der Waals surface area (Å²) in [6, 6.07) is 10.1. The van der Waals surface area contributed by atoms with E-state index in [0.717, 1.165) is 36.4 Å². The Bertz CT molecular complexity index is 1420. The lowest BCUT2D eigenvalue weighted by Gasteiger charge is -2.11. The molecule has 0 aliphatic carbocycles. The Kier molecular flexibility index (Phi) is 6.28. The summed E-state index contributed by atoms with van der Waals surface area (Å²) in [4.78, 5) is 16.7. The summed E-state index contributed by atoms with van der Waals surface area (Å²) in [5.41, 5.74) is -1.67. The fraction of sp³-hybridized carbons (Fsp3) is 0.0952. The Balaban J connectivity index is 1.67. The fourth-order valence-electron chi connectivity index (χ4n) is 3.03. The van der Waals surface area contributed by atoms with Gasteiger partial charge in [0, 0.05) is 17.3 Å². The molecule has 1 N–H and O–H groups in total. The number of carbonyl (C=O) groups is 1. The van der Waals surface area contributed by atoms with E-state index in [9.17, 15) is 31.1 Å². The Morgan fingerprint density at radius 2 is 1.60 bits per heavy atom. The van der Waals surface area contributed by atoms with E-state index in [1.165, 1.54) is 18.2 Å². The molecule has 14 heteroatoms.